The molecule has 0 spiro atoms. The van der Waals surface area contributed by atoms with Gasteiger partial charge < -0.3 is 18.9 Å². The summed E-state index contributed by atoms with van der Waals surface area (Å²) in [6.45, 7) is 17.9. The zero-order chi connectivity index (χ0) is 32.8. The van der Waals surface area contributed by atoms with Gasteiger partial charge in [0.15, 0.2) is 0 Å². The van der Waals surface area contributed by atoms with Gasteiger partial charge in [-0.1, -0.05) is 101 Å². The first kappa shape index (κ1) is 35.9. The summed E-state index contributed by atoms with van der Waals surface area (Å²) >= 11 is 0. The molecule has 1 aliphatic carbocycles. The van der Waals surface area contributed by atoms with Crippen LogP contribution in [0, 0.1) is 0 Å². The van der Waals surface area contributed by atoms with Crippen molar-refractivity contribution in [1.29, 1.82) is 0 Å². The second-order valence-electron chi connectivity index (χ2n) is 12.5. The van der Waals surface area contributed by atoms with E-state index in [4.69, 9.17) is 18.9 Å². The molecule has 0 saturated carbocycles. The van der Waals surface area contributed by atoms with Crippen molar-refractivity contribution < 1.29 is 28.5 Å². The van der Waals surface area contributed by atoms with E-state index in [1.807, 2.05) is 12.1 Å². The fraction of sp³-hybridized carbons (Fsp3) is 0.538. The molecular formula is C39H54O6. The second-order valence-corrected chi connectivity index (χ2v) is 12.5. The lowest BCUT2D eigenvalue weighted by Gasteiger charge is -2.27. The number of hydrogen-bond donors (Lipinski definition) is 0. The van der Waals surface area contributed by atoms with E-state index in [2.05, 4.69) is 52.1 Å². The lowest BCUT2D eigenvalue weighted by Crippen LogP contribution is -2.27. The standard InChI is InChI=1S/C39H54O6/c1-8-10-12-14-18-30(44-38(40)27(3)4)25-42-36-32-20-16-17-21-33(32)37(35-24-29(7)22-23-34(35)36)43-26-31(19-15-13-11-9-2)45-39(41)28(5)6/h16-17,20-22,30-31H,3,5,8-15,18-19,23-26H2,1-2,4,6-7H3. The summed E-state index contributed by atoms with van der Waals surface area (Å²) in [7, 11) is 0. The summed E-state index contributed by atoms with van der Waals surface area (Å²) in [5.41, 5.74) is 4.22. The van der Waals surface area contributed by atoms with Gasteiger partial charge in [0.1, 0.15) is 36.9 Å². The van der Waals surface area contributed by atoms with Crippen LogP contribution in [-0.4, -0.2) is 37.4 Å². The van der Waals surface area contributed by atoms with E-state index < -0.39 is 0 Å². The van der Waals surface area contributed by atoms with Crippen molar-refractivity contribution in [1.82, 2.24) is 0 Å². The van der Waals surface area contributed by atoms with E-state index in [0.29, 0.717) is 11.1 Å². The first-order chi connectivity index (χ1) is 21.7. The molecule has 6 heteroatoms. The fourth-order valence-electron chi connectivity index (χ4n) is 5.64. The highest BCUT2D eigenvalue weighted by Crippen LogP contribution is 2.44. The van der Waals surface area contributed by atoms with Crippen LogP contribution in [0.2, 0.25) is 0 Å². The van der Waals surface area contributed by atoms with Crippen LogP contribution >= 0.6 is 0 Å². The highest BCUT2D eigenvalue weighted by atomic mass is 16.6. The lowest BCUT2D eigenvalue weighted by molar-refractivity contribution is -0.147. The van der Waals surface area contributed by atoms with Gasteiger partial charge in [0.2, 0.25) is 0 Å². The number of benzene rings is 2. The van der Waals surface area contributed by atoms with Gasteiger partial charge in [-0.25, -0.2) is 9.59 Å². The van der Waals surface area contributed by atoms with Crippen LogP contribution in [-0.2, 0) is 31.9 Å². The first-order valence-corrected chi connectivity index (χ1v) is 16.9. The molecule has 1 aliphatic rings. The number of allylic oxidation sites excluding steroid dienone is 2. The molecule has 0 aromatic heterocycles. The van der Waals surface area contributed by atoms with Crippen molar-refractivity contribution in [2.75, 3.05) is 13.2 Å². The molecule has 2 aromatic carbocycles. The van der Waals surface area contributed by atoms with Gasteiger partial charge in [-0.2, -0.15) is 0 Å². The first-order valence-electron chi connectivity index (χ1n) is 16.9. The van der Waals surface area contributed by atoms with Crippen LogP contribution in [0.5, 0.6) is 11.5 Å². The Hall–Kier alpha value is -3.54. The number of unbranched alkanes of at least 4 members (excludes halogenated alkanes) is 6. The maximum absolute atomic E-state index is 12.5. The third-order valence-electron chi connectivity index (χ3n) is 8.27. The largest absolute Gasteiger partial charge is 0.489 e. The maximum atomic E-state index is 12.5. The van der Waals surface area contributed by atoms with E-state index >= 15 is 0 Å². The third kappa shape index (κ3) is 10.8. The van der Waals surface area contributed by atoms with Gasteiger partial charge >= 0.3 is 11.9 Å². The van der Waals surface area contributed by atoms with Crippen LogP contribution in [0.4, 0.5) is 0 Å². The molecule has 0 fully saturated rings. The molecule has 6 nitrogen and oxygen atoms in total. The summed E-state index contributed by atoms with van der Waals surface area (Å²) in [6, 6.07) is 8.13. The van der Waals surface area contributed by atoms with Gasteiger partial charge in [0.25, 0.3) is 0 Å². The predicted molar refractivity (Wildman–Crippen MR) is 183 cm³/mol. The highest BCUT2D eigenvalue weighted by molar-refractivity contribution is 5.96. The number of esters is 2. The Balaban J connectivity index is 1.93. The van der Waals surface area contributed by atoms with E-state index in [-0.39, 0.29) is 37.4 Å². The molecule has 0 saturated heterocycles. The van der Waals surface area contributed by atoms with Crippen molar-refractivity contribution in [2.45, 2.75) is 124 Å². The minimum Gasteiger partial charge on any atom is -0.489 e. The Labute approximate surface area is 270 Å². The topological polar surface area (TPSA) is 71.1 Å². The predicted octanol–water partition coefficient (Wildman–Crippen LogP) is 9.56. The minimum atomic E-state index is -0.384. The van der Waals surface area contributed by atoms with E-state index in [1.54, 1.807) is 13.8 Å². The van der Waals surface area contributed by atoms with Crippen molar-refractivity contribution >= 4 is 22.7 Å². The second kappa shape index (κ2) is 18.4. The summed E-state index contributed by atoms with van der Waals surface area (Å²) in [5.74, 6) is 0.858. The smallest absolute Gasteiger partial charge is 0.333 e. The molecule has 246 valence electrons. The number of carbonyl (C=O) groups is 2. The third-order valence-corrected chi connectivity index (χ3v) is 8.27. The van der Waals surface area contributed by atoms with Crippen molar-refractivity contribution in [3.05, 3.63) is 71.3 Å². The van der Waals surface area contributed by atoms with Gasteiger partial charge in [-0.3, -0.25) is 0 Å². The van der Waals surface area contributed by atoms with Gasteiger partial charge in [-0.15, -0.1) is 0 Å². The molecule has 2 aromatic rings. The van der Waals surface area contributed by atoms with Crippen molar-refractivity contribution in [2.24, 2.45) is 0 Å². The van der Waals surface area contributed by atoms with E-state index in [9.17, 15) is 9.59 Å². The number of rotatable bonds is 20. The molecule has 0 N–H and O–H groups in total. The minimum absolute atomic E-state index is 0.265. The molecule has 2 unspecified atom stereocenters. The molecular weight excluding hydrogens is 564 g/mol. The number of ether oxygens (including phenoxy) is 4. The van der Waals surface area contributed by atoms with E-state index in [0.717, 1.165) is 110 Å². The normalized spacial score (nSPS) is 13.8. The maximum Gasteiger partial charge on any atom is 0.333 e. The highest BCUT2D eigenvalue weighted by Gasteiger charge is 2.26. The number of hydrogen-bond acceptors (Lipinski definition) is 6. The van der Waals surface area contributed by atoms with Gasteiger partial charge in [-0.05, 0) is 59.3 Å². The van der Waals surface area contributed by atoms with E-state index in [1.165, 1.54) is 5.57 Å². The Bertz CT molecular complexity index is 1350. The molecule has 0 radical (unpaired) electrons. The summed E-state index contributed by atoms with van der Waals surface area (Å²) in [5, 5.41) is 1.91. The molecule has 3 rings (SSSR count). The van der Waals surface area contributed by atoms with Crippen LogP contribution in [0.25, 0.3) is 10.8 Å². The van der Waals surface area contributed by atoms with Crippen molar-refractivity contribution in [3.8, 4) is 11.5 Å². The number of carbonyl (C=O) groups excluding carboxylic acids is 2. The quantitative estimate of drug-likeness (QED) is 0.0637. The number of fused-ring (bicyclic) bond motifs is 2. The SMILES string of the molecule is C=C(C)C(=O)OC(CCCCCC)COc1c2c(c(OCC(CCCCCC)OC(=O)C(=C)C)c3ccccc13)CC(C)=CC2. The Morgan fingerprint density at radius 1 is 0.733 bits per heavy atom. The fourth-order valence-corrected chi connectivity index (χ4v) is 5.64. The Morgan fingerprint density at radius 2 is 1.20 bits per heavy atom. The van der Waals surface area contributed by atoms with Gasteiger partial charge in [0, 0.05) is 33.0 Å². The Morgan fingerprint density at radius 3 is 1.64 bits per heavy atom. The van der Waals surface area contributed by atoms with Crippen LogP contribution in [0.1, 0.15) is 110 Å². The summed E-state index contributed by atoms with van der Waals surface area (Å²) < 4.78 is 24.9. The Kier molecular flexibility index (Phi) is 14.7. The summed E-state index contributed by atoms with van der Waals surface area (Å²) in [6.07, 6.45) is 13.1. The zero-order valence-electron chi connectivity index (χ0n) is 28.3. The molecule has 0 aliphatic heterocycles. The lowest BCUT2D eigenvalue weighted by atomic mass is 9.87. The van der Waals surface area contributed by atoms with Crippen LogP contribution < -0.4 is 9.47 Å². The molecule has 0 heterocycles. The average Bonchev–Trinajstić information content (AvgIpc) is 3.02. The van der Waals surface area contributed by atoms with Crippen molar-refractivity contribution in [3.63, 3.8) is 0 Å². The molecule has 0 amide bonds. The molecule has 45 heavy (non-hydrogen) atoms. The summed E-state index contributed by atoms with van der Waals surface area (Å²) in [4.78, 5) is 24.9. The average molecular weight is 619 g/mol. The monoisotopic (exact) mass is 618 g/mol. The molecule has 0 bridgehead atoms. The molecule has 2 atom stereocenters. The zero-order valence-corrected chi connectivity index (χ0v) is 28.3. The van der Waals surface area contributed by atoms with Crippen LogP contribution in [0.3, 0.4) is 0 Å². The van der Waals surface area contributed by atoms with Gasteiger partial charge in [0.05, 0.1) is 0 Å². The van der Waals surface area contributed by atoms with Crippen LogP contribution in [0.15, 0.2) is 60.2 Å².